The minimum Gasteiger partial charge on any atom is -0.295 e. The van der Waals surface area contributed by atoms with Gasteiger partial charge in [-0.15, -0.1) is 6.58 Å². The van der Waals surface area contributed by atoms with Gasteiger partial charge in [-0.2, -0.15) is 0 Å². The molecular weight excluding hydrogens is 232 g/mol. The third-order valence-corrected chi connectivity index (χ3v) is 3.11. The molecule has 0 aromatic heterocycles. The average molecular weight is 254 g/mol. The second kappa shape index (κ2) is 8.25. The second-order valence-corrected chi connectivity index (χ2v) is 4.51. The molecule has 0 N–H and O–H groups in total. The Balaban J connectivity index is 3.03. The number of unbranched alkanes of at least 4 members (excludes halogenated alkanes) is 1. The van der Waals surface area contributed by atoms with Gasteiger partial charge in [0.15, 0.2) is 5.78 Å². The van der Waals surface area contributed by atoms with Gasteiger partial charge >= 0.3 is 0 Å². The van der Waals surface area contributed by atoms with E-state index in [0.717, 1.165) is 24.0 Å². The first-order valence-electron chi connectivity index (χ1n) is 6.77. The van der Waals surface area contributed by atoms with Crippen LogP contribution in [-0.4, -0.2) is 5.78 Å². The van der Waals surface area contributed by atoms with Crippen molar-refractivity contribution in [1.29, 1.82) is 0 Å². The number of carbonyl (C=O) groups excluding carboxylic acids is 1. The molecule has 1 nitrogen and oxygen atoms in total. The highest BCUT2D eigenvalue weighted by Gasteiger charge is 2.18. The van der Waals surface area contributed by atoms with E-state index < -0.39 is 0 Å². The van der Waals surface area contributed by atoms with Gasteiger partial charge in [0.1, 0.15) is 0 Å². The minimum absolute atomic E-state index is 0.0523. The minimum atomic E-state index is -0.0523. The molecule has 19 heavy (non-hydrogen) atoms. The topological polar surface area (TPSA) is 17.1 Å². The highest BCUT2D eigenvalue weighted by atomic mass is 16.1. The van der Waals surface area contributed by atoms with Crippen molar-refractivity contribution in [2.75, 3.05) is 0 Å². The molecule has 0 heterocycles. The van der Waals surface area contributed by atoms with E-state index in [9.17, 15) is 4.79 Å². The van der Waals surface area contributed by atoms with E-state index in [1.54, 1.807) is 6.08 Å². The number of hydrogen-bond acceptors (Lipinski definition) is 1. The van der Waals surface area contributed by atoms with E-state index in [2.05, 4.69) is 20.1 Å². The first-order valence-corrected chi connectivity index (χ1v) is 6.77. The molecule has 100 valence electrons. The molecule has 0 spiro atoms. The molecule has 1 heteroatoms. The average Bonchev–Trinajstić information content (AvgIpc) is 2.45. The fraction of sp³-hybridized carbons (Fsp3) is 0.278. The first-order chi connectivity index (χ1) is 9.24. The van der Waals surface area contributed by atoms with Gasteiger partial charge in [0.25, 0.3) is 0 Å². The summed E-state index contributed by atoms with van der Waals surface area (Å²) in [6.07, 6.45) is 7.86. The Kier molecular flexibility index (Phi) is 6.59. The van der Waals surface area contributed by atoms with E-state index in [0.29, 0.717) is 6.42 Å². The largest absolute Gasteiger partial charge is 0.295 e. The normalized spacial score (nSPS) is 12.8. The quantitative estimate of drug-likeness (QED) is 0.369. The van der Waals surface area contributed by atoms with Crippen LogP contribution in [0.3, 0.4) is 0 Å². The lowest BCUT2D eigenvalue weighted by molar-refractivity contribution is -0.115. The van der Waals surface area contributed by atoms with E-state index in [-0.39, 0.29) is 11.7 Å². The van der Waals surface area contributed by atoms with Gasteiger partial charge in [-0.1, -0.05) is 68.5 Å². The zero-order valence-electron chi connectivity index (χ0n) is 11.6. The Morgan fingerprint density at radius 3 is 2.47 bits per heavy atom. The van der Waals surface area contributed by atoms with Gasteiger partial charge in [0, 0.05) is 17.9 Å². The van der Waals surface area contributed by atoms with Crippen molar-refractivity contribution >= 4 is 5.78 Å². The van der Waals surface area contributed by atoms with Gasteiger partial charge in [-0.25, -0.2) is 0 Å². The number of benzene rings is 1. The summed E-state index contributed by atoms with van der Waals surface area (Å²) in [5.41, 5.74) is 1.88. The van der Waals surface area contributed by atoms with Crippen LogP contribution in [0.2, 0.25) is 0 Å². The predicted octanol–water partition coefficient (Wildman–Crippen LogP) is 4.83. The van der Waals surface area contributed by atoms with Crippen molar-refractivity contribution in [3.05, 3.63) is 72.9 Å². The molecule has 0 radical (unpaired) electrons. The van der Waals surface area contributed by atoms with Crippen LogP contribution in [0.5, 0.6) is 0 Å². The third kappa shape index (κ3) is 4.36. The van der Waals surface area contributed by atoms with Crippen LogP contribution in [0.1, 0.15) is 37.7 Å². The zero-order valence-corrected chi connectivity index (χ0v) is 11.6. The predicted molar refractivity (Wildman–Crippen MR) is 82.2 cm³/mol. The lowest BCUT2D eigenvalue weighted by atomic mass is 9.87. The smallest absolute Gasteiger partial charge is 0.159 e. The maximum Gasteiger partial charge on any atom is 0.159 e. The molecule has 1 unspecified atom stereocenters. The van der Waals surface area contributed by atoms with E-state index in [1.807, 2.05) is 42.5 Å². The van der Waals surface area contributed by atoms with Gasteiger partial charge in [0.2, 0.25) is 0 Å². The van der Waals surface area contributed by atoms with Gasteiger partial charge < -0.3 is 0 Å². The summed E-state index contributed by atoms with van der Waals surface area (Å²) in [5, 5.41) is 0. The van der Waals surface area contributed by atoms with Crippen molar-refractivity contribution < 1.29 is 4.79 Å². The number of Topliss-reactive ketones (excluding diaryl/α,β-unsaturated/α-hetero) is 1. The Labute approximate surface area is 116 Å². The SMILES string of the molecule is C=C/C=C(\C(=O)CCCC)C(C=C)c1ccccc1. The molecule has 0 aliphatic rings. The van der Waals surface area contributed by atoms with Crippen molar-refractivity contribution in [2.45, 2.75) is 32.1 Å². The summed E-state index contributed by atoms with van der Waals surface area (Å²) < 4.78 is 0. The highest BCUT2D eigenvalue weighted by molar-refractivity contribution is 5.97. The number of rotatable bonds is 8. The van der Waals surface area contributed by atoms with Crippen LogP contribution in [0, 0.1) is 0 Å². The van der Waals surface area contributed by atoms with E-state index in [4.69, 9.17) is 0 Å². The molecular formula is C18H22O. The van der Waals surface area contributed by atoms with Crippen LogP contribution in [0.15, 0.2) is 67.3 Å². The molecule has 0 amide bonds. The highest BCUT2D eigenvalue weighted by Crippen LogP contribution is 2.27. The summed E-state index contributed by atoms with van der Waals surface area (Å²) in [7, 11) is 0. The Bertz CT molecular complexity index is 454. The molecule has 1 aromatic rings. The molecule has 1 atom stereocenters. The van der Waals surface area contributed by atoms with Crippen molar-refractivity contribution in [3.63, 3.8) is 0 Å². The maximum atomic E-state index is 12.3. The molecule has 0 saturated carbocycles. The standard InChI is InChI=1S/C18H22O/c1-4-7-14-18(19)17(11-5-2)16(6-3)15-12-9-8-10-13-15/h5-6,8-13,16H,2-4,7,14H2,1H3/b17-11-. The molecule has 0 saturated heterocycles. The summed E-state index contributed by atoms with van der Waals surface area (Å²) in [4.78, 5) is 12.3. The fourth-order valence-corrected chi connectivity index (χ4v) is 2.08. The third-order valence-electron chi connectivity index (χ3n) is 3.11. The zero-order chi connectivity index (χ0) is 14.1. The first kappa shape index (κ1) is 15.2. The number of hydrogen-bond donors (Lipinski definition) is 0. The van der Waals surface area contributed by atoms with Crippen molar-refractivity contribution in [1.82, 2.24) is 0 Å². The summed E-state index contributed by atoms with van der Waals surface area (Å²) in [6.45, 7) is 9.68. The number of carbonyl (C=O) groups is 1. The van der Waals surface area contributed by atoms with Crippen LogP contribution in [0.4, 0.5) is 0 Å². The van der Waals surface area contributed by atoms with Gasteiger partial charge in [-0.3, -0.25) is 4.79 Å². The number of allylic oxidation sites excluding steroid dienone is 4. The summed E-state index contributed by atoms with van der Waals surface area (Å²) in [6, 6.07) is 9.98. The fourth-order valence-electron chi connectivity index (χ4n) is 2.08. The molecule has 0 bridgehead atoms. The summed E-state index contributed by atoms with van der Waals surface area (Å²) >= 11 is 0. The maximum absolute atomic E-state index is 12.3. The van der Waals surface area contributed by atoms with Crippen LogP contribution in [0.25, 0.3) is 0 Å². The second-order valence-electron chi connectivity index (χ2n) is 4.51. The van der Waals surface area contributed by atoms with Crippen LogP contribution in [-0.2, 0) is 4.79 Å². The lowest BCUT2D eigenvalue weighted by Crippen LogP contribution is -2.10. The van der Waals surface area contributed by atoms with E-state index in [1.165, 1.54) is 0 Å². The Morgan fingerprint density at radius 2 is 1.95 bits per heavy atom. The van der Waals surface area contributed by atoms with E-state index >= 15 is 0 Å². The van der Waals surface area contributed by atoms with Crippen molar-refractivity contribution in [3.8, 4) is 0 Å². The van der Waals surface area contributed by atoms with Gasteiger partial charge in [0.05, 0.1) is 0 Å². The molecule has 1 rings (SSSR count). The molecule has 1 aromatic carbocycles. The van der Waals surface area contributed by atoms with Crippen LogP contribution < -0.4 is 0 Å². The van der Waals surface area contributed by atoms with Crippen molar-refractivity contribution in [2.24, 2.45) is 0 Å². The molecule has 0 aliphatic heterocycles. The summed E-state index contributed by atoms with van der Waals surface area (Å²) in [5.74, 6) is 0.138. The molecule has 0 aliphatic carbocycles. The van der Waals surface area contributed by atoms with Gasteiger partial charge in [-0.05, 0) is 12.0 Å². The monoisotopic (exact) mass is 254 g/mol. The molecule has 0 fully saturated rings. The Hall–Kier alpha value is -1.89. The number of ketones is 1. The lowest BCUT2D eigenvalue weighted by Gasteiger charge is -2.16. The van der Waals surface area contributed by atoms with Crippen LogP contribution >= 0.6 is 0 Å². The Morgan fingerprint density at radius 1 is 1.26 bits per heavy atom.